The molecule has 1 aliphatic rings. The molecule has 0 aliphatic heterocycles. The summed E-state index contributed by atoms with van der Waals surface area (Å²) in [6, 6.07) is 4.80. The molecule has 30 heavy (non-hydrogen) atoms. The Morgan fingerprint density at radius 3 is 2.33 bits per heavy atom. The number of ether oxygens (including phenoxy) is 1. The molecule has 4 atom stereocenters. The van der Waals surface area contributed by atoms with Crippen molar-refractivity contribution in [1.29, 1.82) is 10.5 Å². The minimum absolute atomic E-state index is 0.0521. The fourth-order valence-electron chi connectivity index (χ4n) is 3.98. The van der Waals surface area contributed by atoms with Gasteiger partial charge in [-0.2, -0.15) is 10.5 Å². The molecule has 4 heteroatoms. The number of nitriles is 2. The second-order valence-electron chi connectivity index (χ2n) is 8.39. The zero-order valence-electron chi connectivity index (χ0n) is 19.0. The van der Waals surface area contributed by atoms with E-state index < -0.39 is 0 Å². The van der Waals surface area contributed by atoms with Gasteiger partial charge < -0.3 is 4.74 Å². The van der Waals surface area contributed by atoms with E-state index in [-0.39, 0.29) is 29.6 Å². The lowest BCUT2D eigenvalue weighted by Crippen LogP contribution is -2.29. The summed E-state index contributed by atoms with van der Waals surface area (Å²) in [5, 5.41) is 19.2. The minimum atomic E-state index is -0.241. The monoisotopic (exact) mass is 412 g/mol. The normalized spacial score (nSPS) is 23.2. The van der Waals surface area contributed by atoms with E-state index in [1.807, 2.05) is 0 Å². The maximum Gasteiger partial charge on any atom is 0.305 e. The summed E-state index contributed by atoms with van der Waals surface area (Å²) >= 11 is 0. The zero-order valence-corrected chi connectivity index (χ0v) is 19.0. The van der Waals surface area contributed by atoms with Crippen LogP contribution in [0.3, 0.4) is 0 Å². The van der Waals surface area contributed by atoms with Crippen molar-refractivity contribution in [3.8, 4) is 12.1 Å². The maximum absolute atomic E-state index is 11.5. The molecule has 0 N–H and O–H groups in total. The molecule has 0 aromatic carbocycles. The van der Waals surface area contributed by atoms with Gasteiger partial charge in [-0.1, -0.05) is 76.7 Å². The van der Waals surface area contributed by atoms with E-state index in [4.69, 9.17) is 4.74 Å². The van der Waals surface area contributed by atoms with Crippen molar-refractivity contribution in [3.63, 3.8) is 0 Å². The van der Waals surface area contributed by atoms with E-state index in [1.54, 1.807) is 0 Å². The smallest absolute Gasteiger partial charge is 0.305 e. The largest absolute Gasteiger partial charge is 0.466 e. The molecule has 0 aromatic heterocycles. The molecule has 0 spiro atoms. The summed E-state index contributed by atoms with van der Waals surface area (Å²) in [4.78, 5) is 11.5. The van der Waals surface area contributed by atoms with Crippen molar-refractivity contribution in [2.45, 2.75) is 90.9 Å². The summed E-state index contributed by atoms with van der Waals surface area (Å²) in [6.07, 6.45) is 20.7. The van der Waals surface area contributed by atoms with Gasteiger partial charge in [0.25, 0.3) is 0 Å². The first-order chi connectivity index (χ1) is 14.7. The first-order valence-corrected chi connectivity index (χ1v) is 12.0. The van der Waals surface area contributed by atoms with Gasteiger partial charge in [0.2, 0.25) is 0 Å². The predicted molar refractivity (Wildman–Crippen MR) is 121 cm³/mol. The van der Waals surface area contributed by atoms with E-state index in [2.05, 4.69) is 50.3 Å². The van der Waals surface area contributed by atoms with Crippen molar-refractivity contribution in [2.24, 2.45) is 23.7 Å². The number of carbonyl (C=O) groups is 1. The van der Waals surface area contributed by atoms with Crippen LogP contribution >= 0.6 is 0 Å². The lowest BCUT2D eigenvalue weighted by molar-refractivity contribution is -0.143. The number of hydrogen-bond acceptors (Lipinski definition) is 4. The van der Waals surface area contributed by atoms with Crippen molar-refractivity contribution < 1.29 is 9.53 Å². The highest BCUT2D eigenvalue weighted by Crippen LogP contribution is 2.37. The number of unbranched alkanes of at least 4 members (excludes halogenated alkanes) is 7. The highest BCUT2D eigenvalue weighted by molar-refractivity contribution is 5.69. The number of nitrogens with zero attached hydrogens (tertiary/aromatic N) is 2. The van der Waals surface area contributed by atoms with Gasteiger partial charge in [-0.15, -0.1) is 0 Å². The molecule has 0 amide bonds. The Morgan fingerprint density at radius 2 is 1.63 bits per heavy atom. The first-order valence-electron chi connectivity index (χ1n) is 12.0. The number of allylic oxidation sites excluding steroid dienone is 4. The molecule has 0 bridgehead atoms. The van der Waals surface area contributed by atoms with Crippen molar-refractivity contribution in [2.75, 3.05) is 6.61 Å². The van der Waals surface area contributed by atoms with Gasteiger partial charge in [-0.05, 0) is 38.0 Å². The molecule has 0 radical (unpaired) electrons. The topological polar surface area (TPSA) is 73.9 Å². The Hall–Kier alpha value is -2.07. The molecule has 4 nitrogen and oxygen atoms in total. The molecule has 0 heterocycles. The van der Waals surface area contributed by atoms with Crippen LogP contribution in [0.2, 0.25) is 0 Å². The zero-order chi connectivity index (χ0) is 22.0. The maximum atomic E-state index is 11.5. The van der Waals surface area contributed by atoms with Gasteiger partial charge in [0.15, 0.2) is 0 Å². The Morgan fingerprint density at radius 1 is 0.933 bits per heavy atom. The molecule has 0 saturated heterocycles. The summed E-state index contributed by atoms with van der Waals surface area (Å²) in [7, 11) is 0. The number of esters is 1. The van der Waals surface area contributed by atoms with Crippen molar-refractivity contribution in [1.82, 2.24) is 0 Å². The third kappa shape index (κ3) is 10.1. The van der Waals surface area contributed by atoms with Crippen molar-refractivity contribution >= 4 is 5.97 Å². The highest BCUT2D eigenvalue weighted by atomic mass is 16.5. The molecule has 4 unspecified atom stereocenters. The molecule has 0 saturated carbocycles. The summed E-state index contributed by atoms with van der Waals surface area (Å²) < 4.78 is 5.16. The molecule has 1 aliphatic carbocycles. The van der Waals surface area contributed by atoms with Crippen LogP contribution < -0.4 is 0 Å². The molecular weight excluding hydrogens is 372 g/mol. The molecule has 0 fully saturated rings. The lowest BCUT2D eigenvalue weighted by atomic mass is 9.70. The SMILES string of the molecule is CCCCOC(=O)CCCCCCCC=CC1C=CC(CCCC)C(C#N)C1C#N. The average Bonchev–Trinajstić information content (AvgIpc) is 2.76. The Labute approximate surface area is 184 Å². The van der Waals surface area contributed by atoms with Crippen LogP contribution in [-0.4, -0.2) is 12.6 Å². The average molecular weight is 413 g/mol. The fourth-order valence-corrected chi connectivity index (χ4v) is 3.98. The van der Waals surface area contributed by atoms with Crippen LogP contribution in [0.25, 0.3) is 0 Å². The summed E-state index contributed by atoms with van der Waals surface area (Å²) in [5.74, 6) is -0.235. The lowest BCUT2D eigenvalue weighted by Gasteiger charge is -2.30. The van der Waals surface area contributed by atoms with Crippen LogP contribution in [0.4, 0.5) is 0 Å². The van der Waals surface area contributed by atoms with E-state index in [0.29, 0.717) is 13.0 Å². The highest BCUT2D eigenvalue weighted by Gasteiger charge is 2.35. The van der Waals surface area contributed by atoms with Gasteiger partial charge in [0, 0.05) is 12.3 Å². The van der Waals surface area contributed by atoms with E-state index in [9.17, 15) is 15.3 Å². The van der Waals surface area contributed by atoms with Gasteiger partial charge in [-0.3, -0.25) is 4.79 Å². The Bertz CT molecular complexity index is 612. The third-order valence-electron chi connectivity index (χ3n) is 5.90. The van der Waals surface area contributed by atoms with Gasteiger partial charge >= 0.3 is 5.97 Å². The number of rotatable bonds is 15. The van der Waals surface area contributed by atoms with Gasteiger partial charge in [0.05, 0.1) is 30.6 Å². The Kier molecular flexibility index (Phi) is 14.5. The third-order valence-corrected chi connectivity index (χ3v) is 5.90. The van der Waals surface area contributed by atoms with Crippen LogP contribution in [0.5, 0.6) is 0 Å². The summed E-state index contributed by atoms with van der Waals surface area (Å²) in [6.45, 7) is 4.80. The fraction of sp³-hybridized carbons (Fsp3) is 0.731. The molecule has 1 rings (SSSR count). The van der Waals surface area contributed by atoms with Crippen molar-refractivity contribution in [3.05, 3.63) is 24.3 Å². The van der Waals surface area contributed by atoms with Gasteiger partial charge in [0.1, 0.15) is 0 Å². The van der Waals surface area contributed by atoms with Crippen LogP contribution in [-0.2, 0) is 9.53 Å². The van der Waals surface area contributed by atoms with E-state index in [0.717, 1.165) is 70.6 Å². The second kappa shape index (κ2) is 16.7. The van der Waals surface area contributed by atoms with Crippen LogP contribution in [0, 0.1) is 46.3 Å². The molecular formula is C26H40N2O2. The minimum Gasteiger partial charge on any atom is -0.466 e. The number of hydrogen-bond donors (Lipinski definition) is 0. The number of carbonyl (C=O) groups excluding carboxylic acids is 1. The van der Waals surface area contributed by atoms with E-state index in [1.165, 1.54) is 0 Å². The molecule has 0 aromatic rings. The van der Waals surface area contributed by atoms with Crippen LogP contribution in [0.1, 0.15) is 90.9 Å². The quantitative estimate of drug-likeness (QED) is 0.167. The first kappa shape index (κ1) is 26.0. The van der Waals surface area contributed by atoms with Crippen LogP contribution in [0.15, 0.2) is 24.3 Å². The summed E-state index contributed by atoms with van der Waals surface area (Å²) in [5.41, 5.74) is 0. The second-order valence-corrected chi connectivity index (χ2v) is 8.39. The van der Waals surface area contributed by atoms with Gasteiger partial charge in [-0.25, -0.2) is 0 Å². The Balaban J connectivity index is 2.23. The van der Waals surface area contributed by atoms with E-state index >= 15 is 0 Å². The molecule has 166 valence electrons. The standard InChI is InChI=1S/C26H40N2O2/c1-3-5-14-22-17-18-23(25(21-28)24(22)20-27)15-12-10-8-7-9-11-13-16-26(29)30-19-6-4-2/h12,15,17-18,22-25H,3-11,13-14,16,19H2,1-2H3. The predicted octanol–water partition coefficient (Wildman–Crippen LogP) is 6.89.